The number of fused-ring (bicyclic) bond motifs is 4. The average molecular weight is 340 g/mol. The van der Waals surface area contributed by atoms with Gasteiger partial charge in [0.15, 0.2) is 0 Å². The molecule has 3 aliphatic rings. The van der Waals surface area contributed by atoms with Crippen LogP contribution in [0, 0.1) is 5.92 Å². The topological polar surface area (TPSA) is 69.7 Å². The minimum Gasteiger partial charge on any atom is -0.492 e. The standard InChI is InChI=1S/C20H20O5/c1-10-9-25-18-12-6-7-13-11(15(12)17(22)16(21)14(10)18)5-4-8-20(13,2)19(23)24-3/h6-7,10H,4-5,8-9H2,1-3H3/t10-,20+/m0/s1. The molecular weight excluding hydrogens is 320 g/mol. The maximum absolute atomic E-state index is 12.9. The van der Waals surface area contributed by atoms with Crippen molar-refractivity contribution in [3.8, 4) is 0 Å². The highest BCUT2D eigenvalue weighted by atomic mass is 16.5. The molecule has 130 valence electrons. The lowest BCUT2D eigenvalue weighted by Crippen LogP contribution is -2.39. The minimum absolute atomic E-state index is 0.0732. The van der Waals surface area contributed by atoms with Crippen LogP contribution in [-0.4, -0.2) is 31.3 Å². The highest BCUT2D eigenvalue weighted by Crippen LogP contribution is 2.45. The Balaban J connectivity index is 1.98. The van der Waals surface area contributed by atoms with Crippen molar-refractivity contribution in [2.24, 2.45) is 5.92 Å². The Bertz CT molecular complexity index is 863. The van der Waals surface area contributed by atoms with Gasteiger partial charge in [0.2, 0.25) is 11.6 Å². The van der Waals surface area contributed by atoms with Crippen molar-refractivity contribution in [1.82, 2.24) is 0 Å². The fourth-order valence-electron chi connectivity index (χ4n) is 4.44. The molecule has 2 atom stereocenters. The summed E-state index contributed by atoms with van der Waals surface area (Å²) in [5.74, 6) is -0.784. The molecule has 0 bridgehead atoms. The van der Waals surface area contributed by atoms with Crippen LogP contribution >= 0.6 is 0 Å². The van der Waals surface area contributed by atoms with E-state index in [1.165, 1.54) is 7.11 Å². The molecule has 5 nitrogen and oxygen atoms in total. The van der Waals surface area contributed by atoms with E-state index in [1.54, 1.807) is 0 Å². The van der Waals surface area contributed by atoms with Crippen LogP contribution in [0.5, 0.6) is 0 Å². The molecule has 0 radical (unpaired) electrons. The number of methoxy groups -OCH3 is 1. The van der Waals surface area contributed by atoms with Crippen molar-refractivity contribution >= 4 is 23.3 Å². The number of rotatable bonds is 1. The van der Waals surface area contributed by atoms with Gasteiger partial charge in [-0.15, -0.1) is 0 Å². The van der Waals surface area contributed by atoms with E-state index in [-0.39, 0.29) is 11.9 Å². The maximum Gasteiger partial charge on any atom is 0.316 e. The largest absolute Gasteiger partial charge is 0.492 e. The molecule has 2 aliphatic carbocycles. The number of hydrogen-bond acceptors (Lipinski definition) is 5. The lowest BCUT2D eigenvalue weighted by Gasteiger charge is -2.35. The van der Waals surface area contributed by atoms with Crippen LogP contribution in [0.3, 0.4) is 0 Å². The summed E-state index contributed by atoms with van der Waals surface area (Å²) in [6.45, 7) is 4.16. The second-order valence-electron chi connectivity index (χ2n) is 7.30. The van der Waals surface area contributed by atoms with Gasteiger partial charge in [0.05, 0.1) is 24.7 Å². The van der Waals surface area contributed by atoms with E-state index in [0.29, 0.717) is 41.9 Å². The number of carbonyl (C=O) groups excluding carboxylic acids is 3. The quantitative estimate of drug-likeness (QED) is 0.580. The second-order valence-corrected chi connectivity index (χ2v) is 7.30. The van der Waals surface area contributed by atoms with Gasteiger partial charge in [-0.1, -0.05) is 19.1 Å². The van der Waals surface area contributed by atoms with Gasteiger partial charge >= 0.3 is 5.97 Å². The van der Waals surface area contributed by atoms with E-state index in [1.807, 2.05) is 26.0 Å². The molecule has 0 fully saturated rings. The summed E-state index contributed by atoms with van der Waals surface area (Å²) in [6, 6.07) is 3.71. The van der Waals surface area contributed by atoms with Gasteiger partial charge in [-0.25, -0.2) is 0 Å². The zero-order valence-corrected chi connectivity index (χ0v) is 14.6. The van der Waals surface area contributed by atoms with Crippen molar-refractivity contribution in [2.75, 3.05) is 13.7 Å². The van der Waals surface area contributed by atoms with Crippen molar-refractivity contribution in [1.29, 1.82) is 0 Å². The second kappa shape index (κ2) is 5.28. The van der Waals surface area contributed by atoms with Crippen LogP contribution in [0.25, 0.3) is 5.76 Å². The molecule has 0 aromatic heterocycles. The molecule has 1 aliphatic heterocycles. The maximum atomic E-state index is 12.9. The highest BCUT2D eigenvalue weighted by Gasteiger charge is 2.46. The Morgan fingerprint density at radius 2 is 2.04 bits per heavy atom. The summed E-state index contributed by atoms with van der Waals surface area (Å²) >= 11 is 0. The van der Waals surface area contributed by atoms with E-state index < -0.39 is 17.0 Å². The fraction of sp³-hybridized carbons (Fsp3) is 0.450. The highest BCUT2D eigenvalue weighted by molar-refractivity contribution is 6.52. The Morgan fingerprint density at radius 1 is 1.28 bits per heavy atom. The first-order valence-corrected chi connectivity index (χ1v) is 8.61. The zero-order chi connectivity index (χ0) is 17.9. The molecule has 25 heavy (non-hydrogen) atoms. The summed E-state index contributed by atoms with van der Waals surface area (Å²) in [6.07, 6.45) is 2.09. The van der Waals surface area contributed by atoms with Crippen LogP contribution in [0.4, 0.5) is 0 Å². The number of carbonyl (C=O) groups is 3. The lowest BCUT2D eigenvalue weighted by atomic mass is 9.68. The van der Waals surface area contributed by atoms with E-state index in [2.05, 4.69) is 0 Å². The summed E-state index contributed by atoms with van der Waals surface area (Å²) in [5.41, 5.74) is 2.40. The molecule has 1 aromatic carbocycles. The van der Waals surface area contributed by atoms with Crippen LogP contribution in [-0.2, 0) is 30.9 Å². The summed E-state index contributed by atoms with van der Waals surface area (Å²) in [5, 5.41) is 0. The van der Waals surface area contributed by atoms with Gasteiger partial charge in [-0.3, -0.25) is 14.4 Å². The Labute approximate surface area is 146 Å². The Hall–Kier alpha value is -2.43. The van der Waals surface area contributed by atoms with Gasteiger partial charge < -0.3 is 9.47 Å². The SMILES string of the molecule is COC(=O)[C@]1(C)CCCc2c1ccc1c2C(=O)C(=O)C2=C1OC[C@@H]2C. The molecule has 0 spiro atoms. The fourth-order valence-corrected chi connectivity index (χ4v) is 4.44. The monoisotopic (exact) mass is 340 g/mol. The number of benzene rings is 1. The van der Waals surface area contributed by atoms with Gasteiger partial charge in [-0.05, 0) is 37.3 Å². The minimum atomic E-state index is -0.792. The molecular formula is C20H20O5. The molecule has 0 amide bonds. The molecule has 1 aromatic rings. The molecule has 1 heterocycles. The lowest BCUT2D eigenvalue weighted by molar-refractivity contribution is -0.147. The summed E-state index contributed by atoms with van der Waals surface area (Å²) in [4.78, 5) is 37.9. The molecule has 4 rings (SSSR count). The van der Waals surface area contributed by atoms with Crippen molar-refractivity contribution in [3.63, 3.8) is 0 Å². The van der Waals surface area contributed by atoms with Crippen molar-refractivity contribution in [3.05, 3.63) is 40.0 Å². The Morgan fingerprint density at radius 3 is 2.76 bits per heavy atom. The van der Waals surface area contributed by atoms with Crippen LogP contribution in [0.1, 0.15) is 53.7 Å². The van der Waals surface area contributed by atoms with Gasteiger partial charge in [0, 0.05) is 17.0 Å². The van der Waals surface area contributed by atoms with E-state index >= 15 is 0 Å². The summed E-state index contributed by atoms with van der Waals surface area (Å²) in [7, 11) is 1.37. The van der Waals surface area contributed by atoms with Gasteiger partial charge in [-0.2, -0.15) is 0 Å². The number of Topliss-reactive ketones (excluding diaryl/α,β-unsaturated/α-hetero) is 2. The third-order valence-corrected chi connectivity index (χ3v) is 5.78. The number of ether oxygens (including phenoxy) is 2. The normalized spacial score (nSPS) is 27.4. The van der Waals surface area contributed by atoms with Crippen molar-refractivity contribution in [2.45, 2.75) is 38.5 Å². The van der Waals surface area contributed by atoms with Gasteiger partial charge in [0.1, 0.15) is 5.76 Å². The predicted molar refractivity (Wildman–Crippen MR) is 90.1 cm³/mol. The number of ketones is 2. The van der Waals surface area contributed by atoms with Crippen LogP contribution < -0.4 is 0 Å². The van der Waals surface area contributed by atoms with Gasteiger partial charge in [0.25, 0.3) is 0 Å². The molecule has 0 N–H and O–H groups in total. The summed E-state index contributed by atoms with van der Waals surface area (Å²) < 4.78 is 10.7. The molecule has 0 saturated heterocycles. The third-order valence-electron chi connectivity index (χ3n) is 5.78. The van der Waals surface area contributed by atoms with Crippen LogP contribution in [0.15, 0.2) is 17.7 Å². The van der Waals surface area contributed by atoms with E-state index in [4.69, 9.17) is 9.47 Å². The number of esters is 1. The Kier molecular flexibility index (Phi) is 3.39. The first kappa shape index (κ1) is 16.1. The molecule has 0 unspecified atom stereocenters. The molecule has 0 saturated carbocycles. The predicted octanol–water partition coefficient (Wildman–Crippen LogP) is 2.60. The van der Waals surface area contributed by atoms with E-state index in [9.17, 15) is 14.4 Å². The average Bonchev–Trinajstić information content (AvgIpc) is 3.00. The first-order valence-electron chi connectivity index (χ1n) is 8.61. The third kappa shape index (κ3) is 1.98. The van der Waals surface area contributed by atoms with E-state index in [0.717, 1.165) is 17.5 Å². The number of hydrogen-bond donors (Lipinski definition) is 0. The first-order chi connectivity index (χ1) is 11.9. The van der Waals surface area contributed by atoms with Crippen LogP contribution in [0.2, 0.25) is 0 Å². The molecule has 5 heteroatoms. The van der Waals surface area contributed by atoms with Crippen molar-refractivity contribution < 1.29 is 23.9 Å². The zero-order valence-electron chi connectivity index (χ0n) is 14.6. The smallest absolute Gasteiger partial charge is 0.316 e.